The Morgan fingerprint density at radius 3 is 2.71 bits per heavy atom. The van der Waals surface area contributed by atoms with Gasteiger partial charge in [0.05, 0.1) is 13.2 Å². The number of nitrogens with two attached hydrogens (primary N) is 1. The van der Waals surface area contributed by atoms with Gasteiger partial charge in [0.1, 0.15) is 0 Å². The Balaban J connectivity index is 3.84. The van der Waals surface area contributed by atoms with Gasteiger partial charge in [0.15, 0.2) is 0 Å². The first-order valence-electron chi connectivity index (χ1n) is 4.84. The van der Waals surface area contributed by atoms with Crippen molar-refractivity contribution in [3.63, 3.8) is 0 Å². The quantitative estimate of drug-likeness (QED) is 0.542. The molecular formula is C9H20N2O3. The highest BCUT2D eigenvalue weighted by Gasteiger charge is 2.11. The summed E-state index contributed by atoms with van der Waals surface area (Å²) < 4.78 is 4.87. The number of hydrogen-bond donors (Lipinski definition) is 2. The summed E-state index contributed by atoms with van der Waals surface area (Å²) in [5, 5.41) is 8.75. The summed E-state index contributed by atoms with van der Waals surface area (Å²) in [6.45, 7) is 1.89. The minimum Gasteiger partial charge on any atom is -0.395 e. The lowest BCUT2D eigenvalue weighted by atomic mass is 10.2. The van der Waals surface area contributed by atoms with Crippen molar-refractivity contribution in [1.82, 2.24) is 4.90 Å². The van der Waals surface area contributed by atoms with Crippen LogP contribution in [0.5, 0.6) is 0 Å². The third kappa shape index (κ3) is 5.90. The van der Waals surface area contributed by atoms with Crippen molar-refractivity contribution >= 4 is 5.91 Å². The van der Waals surface area contributed by atoms with Gasteiger partial charge in [-0.25, -0.2) is 0 Å². The Morgan fingerprint density at radius 1 is 1.50 bits per heavy atom. The summed E-state index contributed by atoms with van der Waals surface area (Å²) >= 11 is 0. The smallest absolute Gasteiger partial charge is 0.222 e. The molecule has 1 amide bonds. The van der Waals surface area contributed by atoms with Gasteiger partial charge in [-0.15, -0.1) is 0 Å². The summed E-state index contributed by atoms with van der Waals surface area (Å²) in [6.07, 6.45) is 1.13. The summed E-state index contributed by atoms with van der Waals surface area (Å²) in [5.74, 6) is 0.0292. The number of nitrogens with zero attached hydrogens (tertiary/aromatic N) is 1. The van der Waals surface area contributed by atoms with E-state index in [2.05, 4.69) is 0 Å². The maximum atomic E-state index is 11.5. The Bertz CT molecular complexity index is 153. The molecule has 5 nitrogen and oxygen atoms in total. The molecule has 0 atom stereocenters. The Hall–Kier alpha value is -0.650. The lowest BCUT2D eigenvalue weighted by Crippen LogP contribution is -2.36. The van der Waals surface area contributed by atoms with E-state index in [9.17, 15) is 4.79 Å². The highest BCUT2D eigenvalue weighted by Crippen LogP contribution is 1.97. The molecule has 0 aliphatic rings. The molecule has 0 unspecified atom stereocenters. The van der Waals surface area contributed by atoms with E-state index in [-0.39, 0.29) is 12.5 Å². The van der Waals surface area contributed by atoms with Gasteiger partial charge in [-0.2, -0.15) is 0 Å². The second kappa shape index (κ2) is 8.93. The maximum Gasteiger partial charge on any atom is 0.222 e. The molecular weight excluding hydrogens is 184 g/mol. The standard InChI is InChI=1S/C9H20N2O3/c1-14-8-6-11(5-7-12)9(13)3-2-4-10/h12H,2-8,10H2,1H3. The Labute approximate surface area is 84.8 Å². The molecule has 0 fully saturated rings. The molecule has 5 heteroatoms. The van der Waals surface area contributed by atoms with Crippen LogP contribution in [-0.4, -0.2) is 55.9 Å². The largest absolute Gasteiger partial charge is 0.395 e. The monoisotopic (exact) mass is 204 g/mol. The van der Waals surface area contributed by atoms with E-state index >= 15 is 0 Å². The van der Waals surface area contributed by atoms with E-state index in [4.69, 9.17) is 15.6 Å². The van der Waals surface area contributed by atoms with Crippen molar-refractivity contribution in [2.24, 2.45) is 5.73 Å². The first kappa shape index (κ1) is 13.4. The van der Waals surface area contributed by atoms with E-state index in [1.54, 1.807) is 12.0 Å². The fourth-order valence-corrected chi connectivity index (χ4v) is 1.09. The van der Waals surface area contributed by atoms with Crippen molar-refractivity contribution in [1.29, 1.82) is 0 Å². The summed E-state index contributed by atoms with van der Waals surface area (Å²) in [4.78, 5) is 13.1. The predicted molar refractivity (Wildman–Crippen MR) is 53.8 cm³/mol. The molecule has 0 heterocycles. The zero-order valence-electron chi connectivity index (χ0n) is 8.74. The van der Waals surface area contributed by atoms with Gasteiger partial charge in [0.25, 0.3) is 0 Å². The lowest BCUT2D eigenvalue weighted by molar-refractivity contribution is -0.132. The lowest BCUT2D eigenvalue weighted by Gasteiger charge is -2.21. The van der Waals surface area contributed by atoms with Crippen LogP contribution < -0.4 is 5.73 Å². The topological polar surface area (TPSA) is 75.8 Å². The molecule has 0 radical (unpaired) electrons. The number of carbonyl (C=O) groups is 1. The van der Waals surface area contributed by atoms with Gasteiger partial charge >= 0.3 is 0 Å². The van der Waals surface area contributed by atoms with Gasteiger partial charge in [-0.3, -0.25) is 4.79 Å². The highest BCUT2D eigenvalue weighted by atomic mass is 16.5. The van der Waals surface area contributed by atoms with Crippen molar-refractivity contribution in [2.45, 2.75) is 12.8 Å². The number of rotatable bonds is 8. The van der Waals surface area contributed by atoms with E-state index in [1.165, 1.54) is 0 Å². The predicted octanol–water partition coefficient (Wildman–Crippen LogP) is -0.807. The SMILES string of the molecule is COCCN(CCO)C(=O)CCCN. The zero-order chi connectivity index (χ0) is 10.8. The fourth-order valence-electron chi connectivity index (χ4n) is 1.09. The van der Waals surface area contributed by atoms with Crippen LogP contribution in [0.2, 0.25) is 0 Å². The summed E-state index contributed by atoms with van der Waals surface area (Å²) in [6, 6.07) is 0. The first-order valence-corrected chi connectivity index (χ1v) is 4.84. The maximum absolute atomic E-state index is 11.5. The van der Waals surface area contributed by atoms with Crippen molar-refractivity contribution in [3.8, 4) is 0 Å². The molecule has 0 saturated heterocycles. The number of amides is 1. The minimum atomic E-state index is -0.0158. The number of hydrogen-bond acceptors (Lipinski definition) is 4. The van der Waals surface area contributed by atoms with Crippen LogP contribution in [0.25, 0.3) is 0 Å². The fraction of sp³-hybridized carbons (Fsp3) is 0.889. The number of aliphatic hydroxyl groups is 1. The molecule has 0 aliphatic heterocycles. The van der Waals surface area contributed by atoms with E-state index in [0.29, 0.717) is 39.1 Å². The number of ether oxygens (including phenoxy) is 1. The molecule has 0 aromatic carbocycles. The molecule has 0 rings (SSSR count). The van der Waals surface area contributed by atoms with E-state index < -0.39 is 0 Å². The third-order valence-corrected chi connectivity index (χ3v) is 1.88. The molecule has 0 aromatic heterocycles. The Morgan fingerprint density at radius 2 is 2.21 bits per heavy atom. The second-order valence-corrected chi connectivity index (χ2v) is 2.99. The van der Waals surface area contributed by atoms with Crippen molar-refractivity contribution in [3.05, 3.63) is 0 Å². The van der Waals surface area contributed by atoms with Gasteiger partial charge < -0.3 is 20.5 Å². The van der Waals surface area contributed by atoms with E-state index in [1.807, 2.05) is 0 Å². The molecule has 84 valence electrons. The van der Waals surface area contributed by atoms with Crippen LogP contribution in [0.3, 0.4) is 0 Å². The van der Waals surface area contributed by atoms with Crippen molar-refractivity contribution < 1.29 is 14.6 Å². The van der Waals surface area contributed by atoms with Crippen LogP contribution in [0.4, 0.5) is 0 Å². The summed E-state index contributed by atoms with van der Waals surface area (Å²) in [7, 11) is 1.58. The molecule has 0 bridgehead atoms. The van der Waals surface area contributed by atoms with Gasteiger partial charge in [0.2, 0.25) is 5.91 Å². The number of aliphatic hydroxyl groups excluding tert-OH is 1. The minimum absolute atomic E-state index is 0.0158. The Kier molecular flexibility index (Phi) is 8.51. The van der Waals surface area contributed by atoms with Gasteiger partial charge in [-0.1, -0.05) is 0 Å². The molecule has 0 aliphatic carbocycles. The average molecular weight is 204 g/mol. The molecule has 0 saturated carbocycles. The van der Waals surface area contributed by atoms with Gasteiger partial charge in [0, 0.05) is 26.6 Å². The zero-order valence-corrected chi connectivity index (χ0v) is 8.74. The molecule has 0 aromatic rings. The van der Waals surface area contributed by atoms with E-state index in [0.717, 1.165) is 0 Å². The highest BCUT2D eigenvalue weighted by molar-refractivity contribution is 5.76. The van der Waals surface area contributed by atoms with Crippen LogP contribution in [0, 0.1) is 0 Å². The van der Waals surface area contributed by atoms with Crippen LogP contribution >= 0.6 is 0 Å². The van der Waals surface area contributed by atoms with Crippen LogP contribution in [-0.2, 0) is 9.53 Å². The van der Waals surface area contributed by atoms with Crippen molar-refractivity contribution in [2.75, 3.05) is 40.0 Å². The average Bonchev–Trinajstić information content (AvgIpc) is 2.20. The summed E-state index contributed by atoms with van der Waals surface area (Å²) in [5.41, 5.74) is 5.31. The molecule has 14 heavy (non-hydrogen) atoms. The molecule has 0 spiro atoms. The first-order chi connectivity index (χ1) is 6.76. The third-order valence-electron chi connectivity index (χ3n) is 1.88. The van der Waals surface area contributed by atoms with Crippen LogP contribution in [0.15, 0.2) is 0 Å². The van der Waals surface area contributed by atoms with Gasteiger partial charge in [-0.05, 0) is 13.0 Å². The number of carbonyl (C=O) groups excluding carboxylic acids is 1. The normalized spacial score (nSPS) is 10.2. The number of methoxy groups -OCH3 is 1. The van der Waals surface area contributed by atoms with Crippen LogP contribution in [0.1, 0.15) is 12.8 Å². The second-order valence-electron chi connectivity index (χ2n) is 2.99. The molecule has 3 N–H and O–H groups in total.